The fourth-order valence-electron chi connectivity index (χ4n) is 1.03. The summed E-state index contributed by atoms with van der Waals surface area (Å²) in [5.41, 5.74) is 0.579. The first kappa shape index (κ1) is 10.5. The van der Waals surface area contributed by atoms with Crippen molar-refractivity contribution < 1.29 is 0 Å². The lowest BCUT2D eigenvalue weighted by Gasteiger charge is -2.17. The van der Waals surface area contributed by atoms with Crippen molar-refractivity contribution in [3.05, 3.63) is 27.4 Å². The summed E-state index contributed by atoms with van der Waals surface area (Å²) in [7, 11) is 0. The highest BCUT2D eigenvalue weighted by Gasteiger charge is 2.18. The second kappa shape index (κ2) is 3.30. The monoisotopic (exact) mass is 190 g/mol. The van der Waals surface area contributed by atoms with Crippen LogP contribution in [0.2, 0.25) is 0 Å². The Kier molecular flexibility index (Phi) is 2.48. The lowest BCUT2D eigenvalue weighted by molar-refractivity contribution is 0.541. The van der Waals surface area contributed by atoms with E-state index in [-0.39, 0.29) is 11.0 Å². The van der Waals surface area contributed by atoms with Gasteiger partial charge < -0.3 is 4.98 Å². The number of rotatable bonds is 0. The van der Waals surface area contributed by atoms with E-state index in [1.165, 1.54) is 0 Å². The van der Waals surface area contributed by atoms with Gasteiger partial charge in [-0.15, -0.1) is 6.42 Å². The molecule has 0 saturated heterocycles. The molecule has 0 amide bonds. The molecule has 0 spiro atoms. The van der Waals surface area contributed by atoms with Crippen molar-refractivity contribution in [3.63, 3.8) is 0 Å². The second-order valence-corrected chi connectivity index (χ2v) is 4.28. The molecule has 3 nitrogen and oxygen atoms in total. The third-order valence-corrected chi connectivity index (χ3v) is 2.00. The largest absolute Gasteiger partial charge is 0.310 e. The van der Waals surface area contributed by atoms with Gasteiger partial charge in [-0.25, -0.2) is 4.98 Å². The van der Waals surface area contributed by atoms with Crippen LogP contribution in [0.3, 0.4) is 0 Å². The Morgan fingerprint density at radius 1 is 1.43 bits per heavy atom. The molecule has 0 aromatic carbocycles. The maximum atomic E-state index is 11.5. The molecule has 1 heterocycles. The molecule has 0 fully saturated rings. The van der Waals surface area contributed by atoms with Crippen LogP contribution in [0, 0.1) is 19.3 Å². The Bertz CT molecular complexity index is 444. The third-order valence-electron chi connectivity index (χ3n) is 2.00. The van der Waals surface area contributed by atoms with E-state index in [1.54, 1.807) is 6.92 Å². The summed E-state index contributed by atoms with van der Waals surface area (Å²) in [6, 6.07) is 0. The van der Waals surface area contributed by atoms with Gasteiger partial charge in [-0.2, -0.15) is 0 Å². The maximum Gasteiger partial charge on any atom is 0.255 e. The van der Waals surface area contributed by atoms with Crippen LogP contribution in [0.5, 0.6) is 0 Å². The van der Waals surface area contributed by atoms with Gasteiger partial charge in [-0.05, 0) is 12.8 Å². The fraction of sp³-hybridized carbons (Fsp3) is 0.455. The molecule has 14 heavy (non-hydrogen) atoms. The van der Waals surface area contributed by atoms with E-state index in [4.69, 9.17) is 6.42 Å². The molecule has 0 aliphatic carbocycles. The zero-order chi connectivity index (χ0) is 10.9. The SMILES string of the molecule is C#Cc1nc(C(C)(C)C)[nH]c(=O)c1C. The molecule has 0 aliphatic heterocycles. The first-order valence-corrected chi connectivity index (χ1v) is 4.44. The quantitative estimate of drug-likeness (QED) is 0.628. The minimum Gasteiger partial charge on any atom is -0.310 e. The average Bonchev–Trinajstić information content (AvgIpc) is 2.07. The van der Waals surface area contributed by atoms with E-state index in [0.717, 1.165) is 0 Å². The van der Waals surface area contributed by atoms with Gasteiger partial charge in [-0.1, -0.05) is 20.8 Å². The zero-order valence-electron chi connectivity index (χ0n) is 8.93. The van der Waals surface area contributed by atoms with E-state index < -0.39 is 0 Å². The summed E-state index contributed by atoms with van der Waals surface area (Å²) in [4.78, 5) is 18.4. The molecule has 3 heteroatoms. The molecule has 0 aliphatic rings. The molecule has 0 unspecified atom stereocenters. The van der Waals surface area contributed by atoms with Crippen molar-refractivity contribution in [1.82, 2.24) is 9.97 Å². The molecule has 0 atom stereocenters. The number of hydrogen-bond donors (Lipinski definition) is 1. The number of terminal acetylenes is 1. The van der Waals surface area contributed by atoms with Gasteiger partial charge in [-0.3, -0.25) is 4.79 Å². The fourth-order valence-corrected chi connectivity index (χ4v) is 1.03. The Hall–Kier alpha value is -1.56. The number of aromatic amines is 1. The Balaban J connectivity index is 3.48. The van der Waals surface area contributed by atoms with Crippen LogP contribution >= 0.6 is 0 Å². The highest BCUT2D eigenvalue weighted by molar-refractivity contribution is 5.32. The number of nitrogens with zero attached hydrogens (tertiary/aromatic N) is 1. The van der Waals surface area contributed by atoms with E-state index in [0.29, 0.717) is 17.1 Å². The van der Waals surface area contributed by atoms with Gasteiger partial charge in [0, 0.05) is 11.0 Å². The molecule has 74 valence electrons. The van der Waals surface area contributed by atoms with E-state index in [2.05, 4.69) is 15.9 Å². The minimum atomic E-state index is -0.196. The molecular weight excluding hydrogens is 176 g/mol. The predicted molar refractivity (Wildman–Crippen MR) is 56.2 cm³/mol. The molecular formula is C11H14N2O. The summed E-state index contributed by atoms with van der Waals surface area (Å²) in [6.07, 6.45) is 5.27. The van der Waals surface area contributed by atoms with E-state index in [1.807, 2.05) is 20.8 Å². The lowest BCUT2D eigenvalue weighted by Crippen LogP contribution is -2.24. The number of H-pyrrole nitrogens is 1. The predicted octanol–water partition coefficient (Wildman–Crippen LogP) is 1.36. The number of aromatic nitrogens is 2. The first-order chi connectivity index (χ1) is 6.36. The minimum absolute atomic E-state index is 0.155. The lowest BCUT2D eigenvalue weighted by atomic mass is 9.95. The van der Waals surface area contributed by atoms with Crippen molar-refractivity contribution >= 4 is 0 Å². The van der Waals surface area contributed by atoms with Gasteiger partial charge in [0.1, 0.15) is 11.5 Å². The summed E-state index contributed by atoms with van der Waals surface area (Å²) in [5.74, 6) is 3.04. The van der Waals surface area contributed by atoms with Gasteiger partial charge >= 0.3 is 0 Å². The smallest absolute Gasteiger partial charge is 0.255 e. The van der Waals surface area contributed by atoms with Gasteiger partial charge in [0.05, 0.1) is 0 Å². The standard InChI is InChI=1S/C11H14N2O/c1-6-8-7(2)9(14)13-10(12-8)11(3,4)5/h1H,2-5H3,(H,12,13,14). The Morgan fingerprint density at radius 3 is 2.43 bits per heavy atom. The molecule has 0 saturated carbocycles. The van der Waals surface area contributed by atoms with Crippen molar-refractivity contribution in [1.29, 1.82) is 0 Å². The zero-order valence-corrected chi connectivity index (χ0v) is 8.93. The van der Waals surface area contributed by atoms with Crippen molar-refractivity contribution in [2.75, 3.05) is 0 Å². The summed E-state index contributed by atoms with van der Waals surface area (Å²) >= 11 is 0. The Labute approximate surface area is 83.6 Å². The van der Waals surface area contributed by atoms with Crippen LogP contribution in [0.4, 0.5) is 0 Å². The second-order valence-electron chi connectivity index (χ2n) is 4.28. The van der Waals surface area contributed by atoms with Crippen molar-refractivity contribution in [3.8, 4) is 12.3 Å². The molecule has 1 aromatic heterocycles. The summed E-state index contributed by atoms with van der Waals surface area (Å²) in [6.45, 7) is 7.59. The van der Waals surface area contributed by atoms with Crippen LogP contribution in [0.25, 0.3) is 0 Å². The van der Waals surface area contributed by atoms with Crippen LogP contribution in [-0.4, -0.2) is 9.97 Å². The summed E-state index contributed by atoms with van der Waals surface area (Å²) < 4.78 is 0. The number of hydrogen-bond acceptors (Lipinski definition) is 2. The maximum absolute atomic E-state index is 11.5. The Morgan fingerprint density at radius 2 is 2.00 bits per heavy atom. The molecule has 1 N–H and O–H groups in total. The van der Waals surface area contributed by atoms with Crippen molar-refractivity contribution in [2.24, 2.45) is 0 Å². The van der Waals surface area contributed by atoms with E-state index in [9.17, 15) is 4.79 Å². The summed E-state index contributed by atoms with van der Waals surface area (Å²) in [5, 5.41) is 0. The topological polar surface area (TPSA) is 45.8 Å². The van der Waals surface area contributed by atoms with Crippen LogP contribution < -0.4 is 5.56 Å². The van der Waals surface area contributed by atoms with Crippen LogP contribution in [0.1, 0.15) is 37.9 Å². The van der Waals surface area contributed by atoms with Gasteiger partial charge in [0.2, 0.25) is 0 Å². The van der Waals surface area contributed by atoms with Gasteiger partial charge in [0.15, 0.2) is 0 Å². The molecule has 1 aromatic rings. The average molecular weight is 190 g/mol. The molecule has 0 radical (unpaired) electrons. The highest BCUT2D eigenvalue weighted by Crippen LogP contribution is 2.16. The van der Waals surface area contributed by atoms with Crippen LogP contribution in [-0.2, 0) is 5.41 Å². The van der Waals surface area contributed by atoms with Crippen LogP contribution in [0.15, 0.2) is 4.79 Å². The number of nitrogens with one attached hydrogen (secondary N) is 1. The highest BCUT2D eigenvalue weighted by atomic mass is 16.1. The van der Waals surface area contributed by atoms with Gasteiger partial charge in [0.25, 0.3) is 5.56 Å². The van der Waals surface area contributed by atoms with Crippen molar-refractivity contribution in [2.45, 2.75) is 33.1 Å². The van der Waals surface area contributed by atoms with E-state index >= 15 is 0 Å². The normalized spacial score (nSPS) is 11.1. The molecule has 1 rings (SSSR count). The first-order valence-electron chi connectivity index (χ1n) is 4.44. The molecule has 0 bridgehead atoms. The third kappa shape index (κ3) is 1.85.